The fourth-order valence-electron chi connectivity index (χ4n) is 5.79. The van der Waals surface area contributed by atoms with Crippen molar-refractivity contribution in [1.82, 2.24) is 0 Å². The SMILES string of the molecule is C[C](C)=[Zr+2]([C]1=C(c2ccsc2)C=CC1)[c]1c(C(C)(C)C)ccc2c1Cc1cc(C(C)(C)C)ccc1-2.[Cl-].[Cl-]. The summed E-state index contributed by atoms with van der Waals surface area (Å²) in [5.74, 6) is 0. The van der Waals surface area contributed by atoms with E-state index in [0.717, 1.165) is 12.8 Å². The van der Waals surface area contributed by atoms with Crippen molar-refractivity contribution in [3.63, 3.8) is 0 Å². The van der Waals surface area contributed by atoms with Crippen LogP contribution < -0.4 is 28.1 Å². The molecule has 0 saturated carbocycles. The van der Waals surface area contributed by atoms with Crippen LogP contribution in [0.2, 0.25) is 0 Å². The molecule has 2 aliphatic carbocycles. The molecule has 0 aliphatic heterocycles. The average Bonchev–Trinajstić information content (AvgIpc) is 3.51. The molecule has 0 radical (unpaired) electrons. The molecule has 0 unspecified atom stereocenters. The normalized spacial score (nSPS) is 13.9. The van der Waals surface area contributed by atoms with Gasteiger partial charge in [0.25, 0.3) is 0 Å². The number of fused-ring (bicyclic) bond motifs is 3. The van der Waals surface area contributed by atoms with Gasteiger partial charge in [-0.05, 0) is 0 Å². The minimum Gasteiger partial charge on any atom is -1.00 e. The maximum absolute atomic E-state index is 2.49. The summed E-state index contributed by atoms with van der Waals surface area (Å²) in [5.41, 5.74) is 12.4. The van der Waals surface area contributed by atoms with E-state index in [2.05, 4.69) is 115 Å². The van der Waals surface area contributed by atoms with E-state index in [4.69, 9.17) is 0 Å². The van der Waals surface area contributed by atoms with E-state index in [9.17, 15) is 0 Å². The van der Waals surface area contributed by atoms with Gasteiger partial charge in [-0.2, -0.15) is 0 Å². The number of hydrogen-bond donors (Lipinski definition) is 0. The molecule has 4 heteroatoms. The van der Waals surface area contributed by atoms with Crippen molar-refractivity contribution in [2.75, 3.05) is 0 Å². The number of hydrogen-bond acceptors (Lipinski definition) is 1. The molecule has 37 heavy (non-hydrogen) atoms. The first-order chi connectivity index (χ1) is 16.5. The second kappa shape index (κ2) is 11.2. The van der Waals surface area contributed by atoms with Crippen molar-refractivity contribution in [3.05, 3.63) is 90.4 Å². The van der Waals surface area contributed by atoms with Gasteiger partial charge < -0.3 is 24.8 Å². The van der Waals surface area contributed by atoms with E-state index in [-0.39, 0.29) is 35.6 Å². The van der Waals surface area contributed by atoms with Gasteiger partial charge in [-0.3, -0.25) is 0 Å². The molecule has 0 N–H and O–H groups in total. The Morgan fingerprint density at radius 3 is 2.16 bits per heavy atom. The molecule has 0 atom stereocenters. The standard InChI is InChI=1S/C21H25.C9H7S.C3H6.2ClH.Zr/c1-20(2,3)16-7-9-18-14(12-16)11-15-13-17(21(4,5)6)8-10-19(15)18;1-2-4-8(3-1)9-5-6-10-7-9;1-3-2;;;/h7-10,12H,11H2,1-6H3;1,3,5-7H,2H2;1-2H3;2*1H;/q;;;;;+2/p-2. The summed E-state index contributed by atoms with van der Waals surface area (Å²) in [7, 11) is 0. The van der Waals surface area contributed by atoms with Crippen LogP contribution in [-0.4, -0.2) is 3.21 Å². The molecule has 1 heterocycles. The number of allylic oxidation sites excluding steroid dienone is 4. The Morgan fingerprint density at radius 1 is 0.865 bits per heavy atom. The summed E-state index contributed by atoms with van der Waals surface area (Å²) in [6, 6.07) is 14.5. The molecule has 0 saturated heterocycles. The minimum absolute atomic E-state index is 0. The first-order valence-corrected chi connectivity index (χ1v) is 17.5. The zero-order valence-corrected chi connectivity index (χ0v) is 28.1. The van der Waals surface area contributed by atoms with Gasteiger partial charge in [-0.25, -0.2) is 0 Å². The molecule has 1 aromatic heterocycles. The molecule has 5 rings (SSSR count). The van der Waals surface area contributed by atoms with Gasteiger partial charge in [0.05, 0.1) is 0 Å². The Labute approximate surface area is 248 Å². The first-order valence-electron chi connectivity index (χ1n) is 12.9. The van der Waals surface area contributed by atoms with Crippen LogP contribution in [0, 0.1) is 0 Å². The van der Waals surface area contributed by atoms with Crippen molar-refractivity contribution in [1.29, 1.82) is 0 Å². The second-order valence-corrected chi connectivity index (χ2v) is 20.2. The van der Waals surface area contributed by atoms with Gasteiger partial charge >= 0.3 is 225 Å². The van der Waals surface area contributed by atoms with Crippen LogP contribution in [0.25, 0.3) is 16.7 Å². The summed E-state index contributed by atoms with van der Waals surface area (Å²) in [6.07, 6.45) is 7.03. The minimum atomic E-state index is -2.32. The van der Waals surface area contributed by atoms with Crippen molar-refractivity contribution in [2.45, 2.75) is 79.1 Å². The summed E-state index contributed by atoms with van der Waals surface area (Å²) in [6.45, 7) is 19.1. The number of rotatable bonds is 3. The van der Waals surface area contributed by atoms with Crippen molar-refractivity contribution < 1.29 is 46.1 Å². The van der Waals surface area contributed by atoms with E-state index in [1.54, 1.807) is 20.9 Å². The molecule has 0 fully saturated rings. The van der Waals surface area contributed by atoms with Crippen LogP contribution >= 0.6 is 11.3 Å². The Morgan fingerprint density at radius 2 is 1.57 bits per heavy atom. The van der Waals surface area contributed by atoms with Gasteiger partial charge in [-0.15, -0.1) is 0 Å². The van der Waals surface area contributed by atoms with Crippen LogP contribution in [0.5, 0.6) is 0 Å². The summed E-state index contributed by atoms with van der Waals surface area (Å²) in [4.78, 5) is 0. The van der Waals surface area contributed by atoms with Gasteiger partial charge in [0.1, 0.15) is 0 Å². The fourth-order valence-corrected chi connectivity index (χ4v) is 15.0. The summed E-state index contributed by atoms with van der Waals surface area (Å²) >= 11 is -0.510. The molecule has 0 bridgehead atoms. The van der Waals surface area contributed by atoms with Crippen molar-refractivity contribution >= 4 is 23.4 Å². The zero-order chi connectivity index (χ0) is 25.1. The number of halogens is 2. The summed E-state index contributed by atoms with van der Waals surface area (Å²) in [5, 5.41) is 4.56. The third-order valence-corrected chi connectivity index (χ3v) is 16.0. The smallest absolute Gasteiger partial charge is 1.00 e. The van der Waals surface area contributed by atoms with Gasteiger partial charge in [0.15, 0.2) is 0 Å². The van der Waals surface area contributed by atoms with Crippen molar-refractivity contribution in [2.24, 2.45) is 0 Å². The van der Waals surface area contributed by atoms with E-state index in [0.29, 0.717) is 0 Å². The molecule has 0 nitrogen and oxygen atoms in total. The van der Waals surface area contributed by atoms with Crippen LogP contribution in [0.15, 0.2) is 62.6 Å². The Kier molecular flexibility index (Phi) is 9.24. The van der Waals surface area contributed by atoms with Gasteiger partial charge in [0.2, 0.25) is 0 Å². The summed E-state index contributed by atoms with van der Waals surface area (Å²) < 4.78 is 5.21. The topological polar surface area (TPSA) is 0 Å². The molecule has 3 aromatic rings. The van der Waals surface area contributed by atoms with Crippen molar-refractivity contribution in [3.8, 4) is 11.1 Å². The zero-order valence-electron chi connectivity index (χ0n) is 23.4. The fraction of sp³-hybridized carbons (Fsp3) is 0.364. The largest absolute Gasteiger partial charge is 1.00 e. The predicted molar refractivity (Wildman–Crippen MR) is 153 cm³/mol. The molecule has 2 aliphatic rings. The second-order valence-electron chi connectivity index (χ2n) is 12.4. The van der Waals surface area contributed by atoms with E-state index in [1.807, 2.05) is 11.3 Å². The maximum Gasteiger partial charge on any atom is -1.00 e. The van der Waals surface area contributed by atoms with Crippen LogP contribution in [0.1, 0.15) is 89.6 Å². The number of benzene rings is 2. The first kappa shape index (κ1) is 30.5. The monoisotopic (exact) mass is 626 g/mol. The molecule has 2 aromatic carbocycles. The molecule has 194 valence electrons. The van der Waals surface area contributed by atoms with Crippen LogP contribution in [0.4, 0.5) is 0 Å². The molecule has 0 spiro atoms. The Bertz CT molecular complexity index is 1400. The molecular formula is C33H38Cl2SZr. The quantitative estimate of drug-likeness (QED) is 0.328. The van der Waals surface area contributed by atoms with Gasteiger partial charge in [0, 0.05) is 0 Å². The average molecular weight is 629 g/mol. The van der Waals surface area contributed by atoms with E-state index < -0.39 is 21.3 Å². The van der Waals surface area contributed by atoms with Gasteiger partial charge in [-0.1, -0.05) is 0 Å². The molecular weight excluding hydrogens is 591 g/mol. The maximum atomic E-state index is 2.49. The van der Waals surface area contributed by atoms with Crippen LogP contribution in [-0.2, 0) is 38.5 Å². The third-order valence-electron chi connectivity index (χ3n) is 7.57. The Hall–Kier alpha value is -1.05. The van der Waals surface area contributed by atoms with Crippen LogP contribution in [0.3, 0.4) is 0 Å². The van der Waals surface area contributed by atoms with E-state index >= 15 is 0 Å². The predicted octanol–water partition coefficient (Wildman–Crippen LogP) is 2.75. The van der Waals surface area contributed by atoms with E-state index in [1.165, 1.54) is 33.4 Å². The third kappa shape index (κ3) is 5.65. The Balaban J connectivity index is 0.00000190. The number of thiophene rings is 1. The molecule has 0 amide bonds.